The zero-order valence-corrected chi connectivity index (χ0v) is 19.6. The van der Waals surface area contributed by atoms with Crippen molar-refractivity contribution < 1.29 is 14.3 Å². The maximum Gasteiger partial charge on any atom is 0.268 e. The number of pyridine rings is 1. The Labute approximate surface area is 203 Å². The van der Waals surface area contributed by atoms with E-state index >= 15 is 0 Å². The summed E-state index contributed by atoms with van der Waals surface area (Å²) in [5.41, 5.74) is 9.71. The number of amides is 1. The molecule has 0 saturated heterocycles. The standard InChI is InChI=1S/C27H27N5O3/c1-34-22-7-3-5-18(11-22)16-30-27(33)25-13-20-9-10-24(21(14-28)15-29)31-26(20)32(25)17-19-6-4-8-23(12-19)35-2/h3-15,28H,16-17,29H2,1-2H3,(H,30,33)/b21-15+,28-14?. The van der Waals surface area contributed by atoms with E-state index < -0.39 is 0 Å². The van der Waals surface area contributed by atoms with E-state index in [-0.39, 0.29) is 5.91 Å². The fourth-order valence-electron chi connectivity index (χ4n) is 3.85. The van der Waals surface area contributed by atoms with Gasteiger partial charge in [0.05, 0.1) is 19.9 Å². The summed E-state index contributed by atoms with van der Waals surface area (Å²) < 4.78 is 12.5. The molecule has 1 amide bonds. The van der Waals surface area contributed by atoms with Crippen LogP contribution >= 0.6 is 0 Å². The molecule has 2 aromatic heterocycles. The molecule has 0 aliphatic heterocycles. The number of benzene rings is 2. The number of carbonyl (C=O) groups is 1. The molecule has 0 spiro atoms. The number of nitrogens with zero attached hydrogens (tertiary/aromatic N) is 2. The van der Waals surface area contributed by atoms with E-state index in [2.05, 4.69) is 5.32 Å². The number of rotatable bonds is 9. The summed E-state index contributed by atoms with van der Waals surface area (Å²) in [6.07, 6.45) is 2.50. The number of nitrogens with one attached hydrogen (secondary N) is 2. The highest BCUT2D eigenvalue weighted by atomic mass is 16.5. The summed E-state index contributed by atoms with van der Waals surface area (Å²) in [5.74, 6) is 1.24. The molecule has 0 bridgehead atoms. The Kier molecular flexibility index (Phi) is 7.11. The number of aromatic nitrogens is 2. The number of hydrogen-bond donors (Lipinski definition) is 3. The van der Waals surface area contributed by atoms with Crippen molar-refractivity contribution in [1.29, 1.82) is 5.41 Å². The number of ether oxygens (including phenoxy) is 2. The molecule has 2 heterocycles. The van der Waals surface area contributed by atoms with Crippen LogP contribution in [0.3, 0.4) is 0 Å². The fourth-order valence-corrected chi connectivity index (χ4v) is 3.85. The molecule has 0 atom stereocenters. The van der Waals surface area contributed by atoms with Crippen molar-refractivity contribution in [2.75, 3.05) is 14.2 Å². The van der Waals surface area contributed by atoms with Gasteiger partial charge in [-0.2, -0.15) is 0 Å². The van der Waals surface area contributed by atoms with Crippen molar-refractivity contribution in [3.63, 3.8) is 0 Å². The Balaban J connectivity index is 1.73. The average Bonchev–Trinajstić information content (AvgIpc) is 3.26. The molecule has 0 radical (unpaired) electrons. The van der Waals surface area contributed by atoms with Gasteiger partial charge in [-0.3, -0.25) is 4.79 Å². The zero-order chi connectivity index (χ0) is 24.8. The second-order valence-corrected chi connectivity index (χ2v) is 7.88. The molecular formula is C27H27N5O3. The van der Waals surface area contributed by atoms with E-state index in [1.54, 1.807) is 20.3 Å². The van der Waals surface area contributed by atoms with Crippen LogP contribution in [0.15, 0.2) is 72.9 Å². The van der Waals surface area contributed by atoms with Crippen molar-refractivity contribution >= 4 is 28.7 Å². The Morgan fingerprint density at radius 2 is 1.71 bits per heavy atom. The van der Waals surface area contributed by atoms with Crippen molar-refractivity contribution in [3.05, 3.63) is 95.4 Å². The summed E-state index contributed by atoms with van der Waals surface area (Å²) in [4.78, 5) is 18.1. The van der Waals surface area contributed by atoms with Gasteiger partial charge in [0.25, 0.3) is 5.91 Å². The third-order valence-electron chi connectivity index (χ3n) is 5.67. The molecular weight excluding hydrogens is 442 g/mol. The lowest BCUT2D eigenvalue weighted by molar-refractivity contribution is 0.0942. The monoisotopic (exact) mass is 469 g/mol. The van der Waals surface area contributed by atoms with E-state index in [1.807, 2.05) is 65.2 Å². The minimum absolute atomic E-state index is 0.225. The van der Waals surface area contributed by atoms with Gasteiger partial charge in [-0.05, 0) is 53.6 Å². The molecule has 4 aromatic rings. The lowest BCUT2D eigenvalue weighted by Crippen LogP contribution is -2.25. The summed E-state index contributed by atoms with van der Waals surface area (Å²) in [6, 6.07) is 20.7. The number of fused-ring (bicyclic) bond motifs is 1. The molecule has 4 rings (SSSR count). The molecule has 0 aliphatic carbocycles. The van der Waals surface area contributed by atoms with Crippen molar-refractivity contribution in [2.45, 2.75) is 13.1 Å². The average molecular weight is 470 g/mol. The van der Waals surface area contributed by atoms with Gasteiger partial charge in [0.15, 0.2) is 0 Å². The van der Waals surface area contributed by atoms with Crippen molar-refractivity contribution in [1.82, 2.24) is 14.9 Å². The normalized spacial score (nSPS) is 11.3. The van der Waals surface area contributed by atoms with Gasteiger partial charge in [-0.1, -0.05) is 24.3 Å². The molecule has 4 N–H and O–H groups in total. The summed E-state index contributed by atoms with van der Waals surface area (Å²) >= 11 is 0. The van der Waals surface area contributed by atoms with E-state index in [0.717, 1.165) is 34.2 Å². The van der Waals surface area contributed by atoms with Gasteiger partial charge >= 0.3 is 0 Å². The van der Waals surface area contributed by atoms with Gasteiger partial charge in [-0.15, -0.1) is 0 Å². The van der Waals surface area contributed by atoms with E-state index in [1.165, 1.54) is 6.20 Å². The number of methoxy groups -OCH3 is 2. The van der Waals surface area contributed by atoms with Crippen LogP contribution in [0, 0.1) is 5.41 Å². The summed E-state index contributed by atoms with van der Waals surface area (Å²) in [5, 5.41) is 11.4. The third-order valence-corrected chi connectivity index (χ3v) is 5.67. The maximum absolute atomic E-state index is 13.3. The van der Waals surface area contributed by atoms with Gasteiger partial charge < -0.3 is 30.5 Å². The molecule has 8 nitrogen and oxygen atoms in total. The van der Waals surface area contributed by atoms with E-state index in [4.69, 9.17) is 25.6 Å². The van der Waals surface area contributed by atoms with Gasteiger partial charge in [0.1, 0.15) is 22.8 Å². The highest BCUT2D eigenvalue weighted by Crippen LogP contribution is 2.24. The first-order valence-corrected chi connectivity index (χ1v) is 11.0. The molecule has 0 unspecified atom stereocenters. The van der Waals surface area contributed by atoms with Crippen LogP contribution in [0.25, 0.3) is 16.6 Å². The quantitative estimate of drug-likeness (QED) is 0.321. The summed E-state index contributed by atoms with van der Waals surface area (Å²) in [7, 11) is 3.23. The molecule has 8 heteroatoms. The second-order valence-electron chi connectivity index (χ2n) is 7.88. The largest absolute Gasteiger partial charge is 0.497 e. The predicted octanol–water partition coefficient (Wildman–Crippen LogP) is 3.98. The van der Waals surface area contributed by atoms with Crippen LogP contribution < -0.4 is 20.5 Å². The van der Waals surface area contributed by atoms with E-state index in [9.17, 15) is 4.79 Å². The first kappa shape index (κ1) is 23.6. The number of allylic oxidation sites excluding steroid dienone is 1. The van der Waals surface area contributed by atoms with E-state index in [0.29, 0.717) is 35.7 Å². The molecule has 178 valence electrons. The topological polar surface area (TPSA) is 115 Å². The first-order chi connectivity index (χ1) is 17.1. The first-order valence-electron chi connectivity index (χ1n) is 11.0. The van der Waals surface area contributed by atoms with Crippen LogP contribution in [0.2, 0.25) is 0 Å². The smallest absolute Gasteiger partial charge is 0.268 e. The number of hydrogen-bond acceptors (Lipinski definition) is 6. The van der Waals surface area contributed by atoms with Crippen LogP contribution in [-0.2, 0) is 13.1 Å². The minimum atomic E-state index is -0.225. The molecule has 0 saturated carbocycles. The Hall–Kier alpha value is -4.59. The van der Waals surface area contributed by atoms with Gasteiger partial charge in [0, 0.05) is 36.5 Å². The molecule has 35 heavy (non-hydrogen) atoms. The lowest BCUT2D eigenvalue weighted by atomic mass is 10.2. The fraction of sp³-hybridized carbons (Fsp3) is 0.148. The minimum Gasteiger partial charge on any atom is -0.497 e. The van der Waals surface area contributed by atoms with Crippen molar-refractivity contribution in [3.8, 4) is 11.5 Å². The zero-order valence-electron chi connectivity index (χ0n) is 19.6. The van der Waals surface area contributed by atoms with Crippen LogP contribution in [0.4, 0.5) is 0 Å². The van der Waals surface area contributed by atoms with Crippen LogP contribution in [0.1, 0.15) is 27.3 Å². The maximum atomic E-state index is 13.3. The number of nitrogens with two attached hydrogens (primary N) is 1. The van der Waals surface area contributed by atoms with Gasteiger partial charge in [-0.25, -0.2) is 4.98 Å². The summed E-state index contributed by atoms with van der Waals surface area (Å²) in [6.45, 7) is 0.759. The SMILES string of the molecule is COc1cccc(CNC(=O)c2cc3ccc(/C(C=N)=C/N)nc3n2Cc2cccc(OC)c2)c1. The number of carbonyl (C=O) groups excluding carboxylic acids is 1. The molecule has 2 aromatic carbocycles. The third kappa shape index (κ3) is 5.16. The highest BCUT2D eigenvalue weighted by Gasteiger charge is 2.18. The lowest BCUT2D eigenvalue weighted by Gasteiger charge is -2.12. The van der Waals surface area contributed by atoms with Crippen LogP contribution in [-0.4, -0.2) is 35.9 Å². The molecule has 0 aliphatic rings. The van der Waals surface area contributed by atoms with Crippen LogP contribution in [0.5, 0.6) is 11.5 Å². The molecule has 0 fully saturated rings. The van der Waals surface area contributed by atoms with Gasteiger partial charge in [0.2, 0.25) is 0 Å². The second kappa shape index (κ2) is 10.6. The Morgan fingerprint density at radius 3 is 2.37 bits per heavy atom. The van der Waals surface area contributed by atoms with Crippen molar-refractivity contribution in [2.24, 2.45) is 5.73 Å². The Bertz CT molecular complexity index is 1410. The highest BCUT2D eigenvalue weighted by molar-refractivity contribution is 6.08. The Morgan fingerprint density at radius 1 is 1.03 bits per heavy atom. The predicted molar refractivity (Wildman–Crippen MR) is 137 cm³/mol.